The van der Waals surface area contributed by atoms with E-state index in [0.717, 1.165) is 12.8 Å². The first-order valence-electron chi connectivity index (χ1n) is 5.18. The zero-order valence-corrected chi connectivity index (χ0v) is 7.94. The second-order valence-corrected chi connectivity index (χ2v) is 4.14. The van der Waals surface area contributed by atoms with Crippen LogP contribution in [0.15, 0.2) is 17.2 Å². The maximum absolute atomic E-state index is 11.9. The van der Waals surface area contributed by atoms with Crippen molar-refractivity contribution in [2.24, 2.45) is 0 Å². The number of rotatable bonds is 3. The van der Waals surface area contributed by atoms with Crippen LogP contribution in [0.3, 0.4) is 0 Å². The van der Waals surface area contributed by atoms with Crippen molar-refractivity contribution in [3.63, 3.8) is 0 Å². The van der Waals surface area contributed by atoms with E-state index in [4.69, 9.17) is 0 Å². The maximum atomic E-state index is 11.9. The van der Waals surface area contributed by atoms with Gasteiger partial charge in [-0.2, -0.15) is 0 Å². The van der Waals surface area contributed by atoms with Crippen molar-refractivity contribution in [3.8, 4) is 0 Å². The third kappa shape index (κ3) is 1.41. The molecular formula is C10H13N3O. The molecule has 0 spiro atoms. The molecule has 1 aromatic rings. The van der Waals surface area contributed by atoms with Crippen molar-refractivity contribution in [3.05, 3.63) is 22.7 Å². The lowest BCUT2D eigenvalue weighted by atomic mass is 10.5. The van der Waals surface area contributed by atoms with Gasteiger partial charge in [0.15, 0.2) is 5.82 Å². The summed E-state index contributed by atoms with van der Waals surface area (Å²) in [6.45, 7) is 0. The van der Waals surface area contributed by atoms with Crippen molar-refractivity contribution < 1.29 is 0 Å². The SMILES string of the molecule is O=c1c(NC2CC2)nccn1C1CC1. The van der Waals surface area contributed by atoms with Crippen LogP contribution in [0.5, 0.6) is 0 Å². The summed E-state index contributed by atoms with van der Waals surface area (Å²) in [5.74, 6) is 0.530. The summed E-state index contributed by atoms with van der Waals surface area (Å²) in [5.41, 5.74) is 0.0434. The van der Waals surface area contributed by atoms with E-state index in [1.54, 1.807) is 17.0 Å². The van der Waals surface area contributed by atoms with E-state index in [1.165, 1.54) is 12.8 Å². The van der Waals surface area contributed by atoms with Gasteiger partial charge in [-0.05, 0) is 25.7 Å². The monoisotopic (exact) mass is 191 g/mol. The predicted octanol–water partition coefficient (Wildman–Crippen LogP) is 1.15. The number of anilines is 1. The second-order valence-electron chi connectivity index (χ2n) is 4.14. The van der Waals surface area contributed by atoms with Crippen molar-refractivity contribution in [2.75, 3.05) is 5.32 Å². The highest BCUT2D eigenvalue weighted by Gasteiger charge is 2.27. The van der Waals surface area contributed by atoms with Crippen LogP contribution in [-0.4, -0.2) is 15.6 Å². The predicted molar refractivity (Wildman–Crippen MR) is 53.4 cm³/mol. The molecule has 4 heteroatoms. The fraction of sp³-hybridized carbons (Fsp3) is 0.600. The Bertz CT molecular complexity index is 404. The number of nitrogens with one attached hydrogen (secondary N) is 1. The van der Waals surface area contributed by atoms with Crippen LogP contribution in [0.25, 0.3) is 0 Å². The summed E-state index contributed by atoms with van der Waals surface area (Å²) < 4.78 is 1.80. The first-order chi connectivity index (χ1) is 6.84. The minimum Gasteiger partial charge on any atom is -0.363 e. The minimum absolute atomic E-state index is 0.0434. The normalized spacial score (nSPS) is 20.9. The number of aromatic nitrogens is 2. The average molecular weight is 191 g/mol. The summed E-state index contributed by atoms with van der Waals surface area (Å²) in [5, 5.41) is 3.16. The van der Waals surface area contributed by atoms with Crippen LogP contribution in [0.1, 0.15) is 31.7 Å². The van der Waals surface area contributed by atoms with Crippen LogP contribution in [-0.2, 0) is 0 Å². The third-order valence-corrected chi connectivity index (χ3v) is 2.73. The quantitative estimate of drug-likeness (QED) is 0.779. The summed E-state index contributed by atoms with van der Waals surface area (Å²) in [7, 11) is 0. The highest BCUT2D eigenvalue weighted by molar-refractivity contribution is 5.34. The minimum atomic E-state index is 0.0434. The van der Waals surface area contributed by atoms with Gasteiger partial charge in [0.2, 0.25) is 0 Å². The van der Waals surface area contributed by atoms with Gasteiger partial charge in [-0.25, -0.2) is 4.98 Å². The molecule has 1 N–H and O–H groups in total. The first-order valence-corrected chi connectivity index (χ1v) is 5.18. The Morgan fingerprint density at radius 3 is 2.79 bits per heavy atom. The van der Waals surface area contributed by atoms with Gasteiger partial charge < -0.3 is 9.88 Å². The van der Waals surface area contributed by atoms with Gasteiger partial charge >= 0.3 is 0 Å². The topological polar surface area (TPSA) is 46.9 Å². The van der Waals surface area contributed by atoms with Gasteiger partial charge in [0, 0.05) is 24.5 Å². The van der Waals surface area contributed by atoms with Gasteiger partial charge in [-0.15, -0.1) is 0 Å². The molecule has 0 radical (unpaired) electrons. The van der Waals surface area contributed by atoms with Crippen molar-refractivity contribution in [2.45, 2.75) is 37.8 Å². The van der Waals surface area contributed by atoms with Crippen molar-refractivity contribution >= 4 is 5.82 Å². The summed E-state index contributed by atoms with van der Waals surface area (Å²) in [6, 6.07) is 0.926. The standard InChI is InChI=1S/C10H13N3O/c14-10-9(12-7-1-2-7)11-5-6-13(10)8-3-4-8/h5-8H,1-4H2,(H,11,12). The van der Waals surface area contributed by atoms with Gasteiger partial charge in [-0.3, -0.25) is 4.79 Å². The Morgan fingerprint density at radius 2 is 2.14 bits per heavy atom. The Balaban J connectivity index is 1.93. The molecule has 2 saturated carbocycles. The molecule has 14 heavy (non-hydrogen) atoms. The molecule has 74 valence electrons. The molecule has 0 aromatic carbocycles. The Hall–Kier alpha value is -1.32. The van der Waals surface area contributed by atoms with Gasteiger partial charge in [0.1, 0.15) is 0 Å². The molecule has 3 rings (SSSR count). The second kappa shape index (κ2) is 2.83. The van der Waals surface area contributed by atoms with Gasteiger partial charge in [0.05, 0.1) is 0 Å². The molecule has 0 unspecified atom stereocenters. The largest absolute Gasteiger partial charge is 0.363 e. The fourth-order valence-electron chi connectivity index (χ4n) is 1.59. The van der Waals surface area contributed by atoms with E-state index < -0.39 is 0 Å². The number of nitrogens with zero attached hydrogens (tertiary/aromatic N) is 2. The third-order valence-electron chi connectivity index (χ3n) is 2.73. The summed E-state index contributed by atoms with van der Waals surface area (Å²) >= 11 is 0. The van der Waals surface area contributed by atoms with Crippen molar-refractivity contribution in [1.29, 1.82) is 0 Å². The molecule has 2 aliphatic carbocycles. The van der Waals surface area contributed by atoms with E-state index in [9.17, 15) is 4.79 Å². The smallest absolute Gasteiger partial charge is 0.293 e. The van der Waals surface area contributed by atoms with Crippen LogP contribution < -0.4 is 10.9 Å². The fourth-order valence-corrected chi connectivity index (χ4v) is 1.59. The van der Waals surface area contributed by atoms with E-state index in [-0.39, 0.29) is 5.56 Å². The van der Waals surface area contributed by atoms with E-state index in [1.807, 2.05) is 0 Å². The van der Waals surface area contributed by atoms with Crippen LogP contribution in [0.4, 0.5) is 5.82 Å². The van der Waals surface area contributed by atoms with E-state index >= 15 is 0 Å². The lowest BCUT2D eigenvalue weighted by molar-refractivity contribution is 0.699. The molecule has 0 atom stereocenters. The van der Waals surface area contributed by atoms with Crippen LogP contribution in [0.2, 0.25) is 0 Å². The van der Waals surface area contributed by atoms with Crippen LogP contribution >= 0.6 is 0 Å². The molecular weight excluding hydrogens is 178 g/mol. The molecule has 0 aliphatic heterocycles. The van der Waals surface area contributed by atoms with Gasteiger partial charge in [-0.1, -0.05) is 0 Å². The molecule has 1 heterocycles. The van der Waals surface area contributed by atoms with Crippen LogP contribution in [0, 0.1) is 0 Å². The zero-order chi connectivity index (χ0) is 9.54. The zero-order valence-electron chi connectivity index (χ0n) is 7.94. The summed E-state index contributed by atoms with van der Waals surface area (Å²) in [6.07, 6.45) is 8.10. The highest BCUT2D eigenvalue weighted by atomic mass is 16.1. The summed E-state index contributed by atoms with van der Waals surface area (Å²) in [4.78, 5) is 15.9. The Labute approximate surface area is 82.0 Å². The highest BCUT2D eigenvalue weighted by Crippen LogP contribution is 2.33. The lowest BCUT2D eigenvalue weighted by Crippen LogP contribution is -2.24. The molecule has 0 bridgehead atoms. The van der Waals surface area contributed by atoms with Crippen molar-refractivity contribution in [1.82, 2.24) is 9.55 Å². The first kappa shape index (κ1) is 8.03. The number of hydrogen-bond donors (Lipinski definition) is 1. The van der Waals surface area contributed by atoms with Gasteiger partial charge in [0.25, 0.3) is 5.56 Å². The molecule has 2 aliphatic rings. The molecule has 1 aromatic heterocycles. The molecule has 0 amide bonds. The molecule has 2 fully saturated rings. The molecule has 4 nitrogen and oxygen atoms in total. The maximum Gasteiger partial charge on any atom is 0.293 e. The van der Waals surface area contributed by atoms with E-state index in [2.05, 4.69) is 10.3 Å². The molecule has 0 saturated heterocycles. The lowest BCUT2D eigenvalue weighted by Gasteiger charge is -2.06. The average Bonchev–Trinajstić information content (AvgIpc) is 3.00. The number of hydrogen-bond acceptors (Lipinski definition) is 3. The Kier molecular flexibility index (Phi) is 1.63. The Morgan fingerprint density at radius 1 is 1.36 bits per heavy atom. The van der Waals surface area contributed by atoms with E-state index in [0.29, 0.717) is 17.9 Å².